The van der Waals surface area contributed by atoms with Crippen LogP contribution in [-0.2, 0) is 26.5 Å². The maximum absolute atomic E-state index is 12.7. The number of phenolic OH excluding ortho intramolecular Hbond substituents is 2. The highest BCUT2D eigenvalue weighted by Gasteiger charge is 2.25. The van der Waals surface area contributed by atoms with Gasteiger partial charge in [0, 0.05) is 28.5 Å². The smallest absolute Gasteiger partial charge is 0.508 e. The van der Waals surface area contributed by atoms with Gasteiger partial charge in [-0.1, -0.05) is 24.3 Å². The summed E-state index contributed by atoms with van der Waals surface area (Å²) < 4.78 is 33.3. The summed E-state index contributed by atoms with van der Waals surface area (Å²) in [5.41, 5.74) is 3.47. The van der Waals surface area contributed by atoms with Gasteiger partial charge in [-0.3, -0.25) is 9.59 Å². The zero-order valence-electron chi connectivity index (χ0n) is 24.5. The Labute approximate surface area is 256 Å². The van der Waals surface area contributed by atoms with Crippen LogP contribution in [0.5, 0.6) is 23.0 Å². The van der Waals surface area contributed by atoms with Crippen LogP contribution in [0.15, 0.2) is 84.9 Å². The molecule has 0 unspecified atom stereocenters. The third kappa shape index (κ3) is 9.22. The molecule has 9 nitrogen and oxygen atoms in total. The minimum Gasteiger partial charge on any atom is -0.508 e. The van der Waals surface area contributed by atoms with Gasteiger partial charge in [0.25, 0.3) is 0 Å². The van der Waals surface area contributed by atoms with Crippen molar-refractivity contribution in [1.82, 2.24) is 0 Å². The van der Waals surface area contributed by atoms with E-state index in [1.165, 1.54) is 24.3 Å². The van der Waals surface area contributed by atoms with Gasteiger partial charge in [0.15, 0.2) is 24.8 Å². The lowest BCUT2D eigenvalue weighted by Gasteiger charge is -2.08. The minimum absolute atomic E-state index is 0.0427. The summed E-state index contributed by atoms with van der Waals surface area (Å²) in [7, 11) is -2.76. The van der Waals surface area contributed by atoms with Crippen molar-refractivity contribution in [3.05, 3.63) is 118 Å². The molecule has 0 aliphatic carbocycles. The molecule has 10 heteroatoms. The van der Waals surface area contributed by atoms with Crippen LogP contribution in [0.2, 0.25) is 0 Å². The molecule has 228 valence electrons. The number of ether oxygens (including phenoxy) is 2. The molecule has 0 saturated carbocycles. The Hall–Kier alpha value is -4.56. The summed E-state index contributed by atoms with van der Waals surface area (Å²) in [5, 5.41) is 20.6. The van der Waals surface area contributed by atoms with E-state index in [1.807, 2.05) is 62.4 Å². The number of hydrogen-bond acceptors (Lipinski definition) is 9. The van der Waals surface area contributed by atoms with Gasteiger partial charge < -0.3 is 19.7 Å². The highest BCUT2D eigenvalue weighted by atomic mass is 31.1. The Morgan fingerprint density at radius 2 is 1.00 bits per heavy atom. The summed E-state index contributed by atoms with van der Waals surface area (Å²) in [5.74, 6) is 0.643. The van der Waals surface area contributed by atoms with E-state index in [0.717, 1.165) is 22.6 Å². The molecule has 2 N–H and O–H groups in total. The van der Waals surface area contributed by atoms with Crippen LogP contribution in [0.3, 0.4) is 0 Å². The molecular weight excluding hydrogens is 583 g/mol. The van der Waals surface area contributed by atoms with Crippen molar-refractivity contribution in [3.63, 3.8) is 0 Å². The Bertz CT molecular complexity index is 1480. The normalized spacial score (nSPS) is 10.8. The molecule has 0 bridgehead atoms. The molecule has 4 rings (SSSR count). The van der Waals surface area contributed by atoms with Gasteiger partial charge in [-0.15, -0.1) is 9.05 Å². The predicted molar refractivity (Wildman–Crippen MR) is 165 cm³/mol. The molecule has 0 aliphatic rings. The Kier molecular flexibility index (Phi) is 11.6. The number of phenols is 2. The Morgan fingerprint density at radius 1 is 0.614 bits per heavy atom. The molecule has 0 spiro atoms. The van der Waals surface area contributed by atoms with Gasteiger partial charge in [0.2, 0.25) is 0 Å². The molecule has 0 heterocycles. The number of benzene rings is 4. The van der Waals surface area contributed by atoms with E-state index in [9.17, 15) is 24.4 Å². The lowest BCUT2D eigenvalue weighted by molar-refractivity contribution is 0.0877. The van der Waals surface area contributed by atoms with E-state index in [0.29, 0.717) is 37.2 Å². The standard InChI is InChI=1S/C34H33O9P/c1-3-40-29-11-5-23(6-12-29)17-27-19-25(9-15-31(27)35)33(37)21-42-44(39)43-22-34(38)26-10-16-32(36)28(20-26)18-24-7-13-30(14-8-24)41-4-2/h5-16,19-20H,3-4,17-18,21-22H2,1-2H3,(H-,35,36,37,38)/p+1. The molecule has 0 atom stereocenters. The first-order valence-electron chi connectivity index (χ1n) is 14.1. The number of carbonyl (C=O) groups is 2. The van der Waals surface area contributed by atoms with Crippen LogP contribution < -0.4 is 9.47 Å². The van der Waals surface area contributed by atoms with Gasteiger partial charge in [0.05, 0.1) is 13.2 Å². The number of rotatable bonds is 16. The van der Waals surface area contributed by atoms with Crippen LogP contribution >= 0.6 is 8.25 Å². The number of hydrogen-bond donors (Lipinski definition) is 2. The fourth-order valence-electron chi connectivity index (χ4n) is 4.41. The highest BCUT2D eigenvalue weighted by molar-refractivity contribution is 7.33. The van der Waals surface area contributed by atoms with E-state index in [1.54, 1.807) is 12.1 Å². The molecule has 44 heavy (non-hydrogen) atoms. The molecule has 0 fully saturated rings. The fraction of sp³-hybridized carbons (Fsp3) is 0.235. The zero-order chi connectivity index (χ0) is 31.5. The third-order valence-electron chi connectivity index (χ3n) is 6.66. The summed E-state index contributed by atoms with van der Waals surface area (Å²) in [6.07, 6.45) is 0.776. The van der Waals surface area contributed by atoms with Gasteiger partial charge >= 0.3 is 8.25 Å². The predicted octanol–water partition coefficient (Wildman–Crippen LogP) is 6.83. The first-order chi connectivity index (χ1) is 21.2. The van der Waals surface area contributed by atoms with Crippen LogP contribution in [0, 0.1) is 0 Å². The quantitative estimate of drug-likeness (QED) is 0.103. The van der Waals surface area contributed by atoms with Crippen molar-refractivity contribution >= 4 is 19.8 Å². The van der Waals surface area contributed by atoms with Gasteiger partial charge in [-0.25, -0.2) is 0 Å². The molecule has 0 amide bonds. The highest BCUT2D eigenvalue weighted by Crippen LogP contribution is 2.28. The number of Topliss-reactive ketones (excluding diaryl/α,β-unsaturated/α-hetero) is 2. The van der Waals surface area contributed by atoms with Gasteiger partial charge in [-0.2, -0.15) is 0 Å². The largest absolute Gasteiger partial charge is 0.698 e. The molecule has 4 aromatic rings. The second-order valence-corrected chi connectivity index (χ2v) is 10.8. The second-order valence-electron chi connectivity index (χ2n) is 9.81. The third-order valence-corrected chi connectivity index (χ3v) is 7.34. The van der Waals surface area contributed by atoms with Crippen molar-refractivity contribution < 1.29 is 42.9 Å². The number of carbonyl (C=O) groups excluding carboxylic acids is 2. The molecule has 0 radical (unpaired) electrons. The maximum Gasteiger partial charge on any atom is 0.698 e. The van der Waals surface area contributed by atoms with Crippen molar-refractivity contribution in [1.29, 1.82) is 0 Å². The average molecular weight is 618 g/mol. The number of aromatic hydroxyl groups is 2. The minimum atomic E-state index is -2.76. The van der Waals surface area contributed by atoms with E-state index in [2.05, 4.69) is 0 Å². The SMILES string of the molecule is CCOc1ccc(Cc2cc(C(=O)CO[P+](=O)OCC(=O)c3ccc(O)c(Cc4ccc(OCC)cc4)c3)ccc2O)cc1. The zero-order valence-corrected chi connectivity index (χ0v) is 25.4. The van der Waals surface area contributed by atoms with Crippen molar-refractivity contribution in [2.24, 2.45) is 0 Å². The van der Waals surface area contributed by atoms with E-state index >= 15 is 0 Å². The monoisotopic (exact) mass is 617 g/mol. The molecule has 0 aliphatic heterocycles. The maximum atomic E-state index is 12.7. The number of ketones is 2. The molecule has 0 saturated heterocycles. The van der Waals surface area contributed by atoms with E-state index in [-0.39, 0.29) is 22.6 Å². The van der Waals surface area contributed by atoms with Crippen molar-refractivity contribution in [2.75, 3.05) is 26.4 Å². The first-order valence-corrected chi connectivity index (χ1v) is 15.2. The molecule has 4 aromatic carbocycles. The topological polar surface area (TPSA) is 129 Å². The summed E-state index contributed by atoms with van der Waals surface area (Å²) in [6, 6.07) is 23.8. The van der Waals surface area contributed by atoms with Crippen LogP contribution in [0.1, 0.15) is 56.8 Å². The summed E-state index contributed by atoms with van der Waals surface area (Å²) >= 11 is 0. The van der Waals surface area contributed by atoms with Gasteiger partial charge in [0.1, 0.15) is 23.0 Å². The average Bonchev–Trinajstić information content (AvgIpc) is 3.03. The summed E-state index contributed by atoms with van der Waals surface area (Å²) in [4.78, 5) is 25.4. The van der Waals surface area contributed by atoms with E-state index < -0.39 is 33.0 Å². The Morgan fingerprint density at radius 3 is 1.36 bits per heavy atom. The molecular formula is C34H34O9P+. The van der Waals surface area contributed by atoms with Crippen LogP contribution in [0.25, 0.3) is 0 Å². The van der Waals surface area contributed by atoms with Crippen molar-refractivity contribution in [3.8, 4) is 23.0 Å². The lowest BCUT2D eigenvalue weighted by Crippen LogP contribution is -2.10. The van der Waals surface area contributed by atoms with Crippen molar-refractivity contribution in [2.45, 2.75) is 26.7 Å². The lowest BCUT2D eigenvalue weighted by atomic mass is 10.0. The van der Waals surface area contributed by atoms with Crippen LogP contribution in [0.4, 0.5) is 0 Å². The van der Waals surface area contributed by atoms with Gasteiger partial charge in [-0.05, 0) is 96.8 Å². The Balaban J connectivity index is 1.28. The molecule has 0 aromatic heterocycles. The first kappa shape index (κ1) is 32.4. The fourth-order valence-corrected chi connectivity index (χ4v) is 4.93. The van der Waals surface area contributed by atoms with E-state index in [4.69, 9.17) is 18.5 Å². The summed E-state index contributed by atoms with van der Waals surface area (Å²) in [6.45, 7) is 3.85. The van der Waals surface area contributed by atoms with Crippen LogP contribution in [-0.4, -0.2) is 48.2 Å². The second kappa shape index (κ2) is 15.8.